The summed E-state index contributed by atoms with van der Waals surface area (Å²) in [6, 6.07) is 12.8. The maximum atomic E-state index is 9.75. The van der Waals surface area contributed by atoms with Gasteiger partial charge in [-0.25, -0.2) is 4.98 Å². The van der Waals surface area contributed by atoms with Gasteiger partial charge in [-0.15, -0.1) is 0 Å². The third-order valence-corrected chi connectivity index (χ3v) is 4.82. The average Bonchev–Trinajstić information content (AvgIpc) is 2.81. The molecule has 3 aromatic rings. The summed E-state index contributed by atoms with van der Waals surface area (Å²) in [4.78, 5) is 4.44. The monoisotopic (exact) mass is 421 g/mol. The second-order valence-corrected chi connectivity index (χ2v) is 6.41. The number of benzene rings is 2. The Kier molecular flexibility index (Phi) is 6.36. The minimum absolute atomic E-state index is 0.0913. The van der Waals surface area contributed by atoms with Crippen molar-refractivity contribution < 1.29 is 23.7 Å². The van der Waals surface area contributed by atoms with E-state index < -0.39 is 0 Å². The Labute approximate surface area is 180 Å². The van der Waals surface area contributed by atoms with E-state index >= 15 is 0 Å². The zero-order valence-corrected chi connectivity index (χ0v) is 18.0. The van der Waals surface area contributed by atoms with Crippen molar-refractivity contribution in [2.45, 2.75) is 0 Å². The normalized spacial score (nSPS) is 10.2. The molecule has 0 aliphatic carbocycles. The van der Waals surface area contributed by atoms with Gasteiger partial charge < -0.3 is 29.4 Å². The number of ether oxygens (including phenoxy) is 5. The maximum Gasteiger partial charge on any atom is 0.203 e. The van der Waals surface area contributed by atoms with Gasteiger partial charge in [-0.05, 0) is 36.4 Å². The number of nitrogens with zero attached hydrogens (tertiary/aromatic N) is 2. The van der Waals surface area contributed by atoms with Crippen LogP contribution in [0.2, 0.25) is 0 Å². The first-order valence-corrected chi connectivity index (χ1v) is 9.24. The number of methoxy groups -OCH3 is 5. The smallest absolute Gasteiger partial charge is 0.203 e. The number of nitrogen functional groups attached to an aromatic ring is 1. The quantitative estimate of drug-likeness (QED) is 0.612. The minimum atomic E-state index is 0.0913. The van der Waals surface area contributed by atoms with E-state index in [2.05, 4.69) is 11.1 Å². The number of aromatic nitrogens is 1. The van der Waals surface area contributed by atoms with Gasteiger partial charge in [0.25, 0.3) is 0 Å². The molecule has 0 aliphatic heterocycles. The van der Waals surface area contributed by atoms with Gasteiger partial charge in [-0.2, -0.15) is 5.26 Å². The molecular formula is C23H23N3O5. The van der Waals surface area contributed by atoms with Gasteiger partial charge in [0.1, 0.15) is 28.9 Å². The number of nitriles is 1. The molecule has 160 valence electrons. The van der Waals surface area contributed by atoms with E-state index in [9.17, 15) is 5.26 Å². The molecule has 0 spiro atoms. The summed E-state index contributed by atoms with van der Waals surface area (Å²) in [7, 11) is 7.73. The summed E-state index contributed by atoms with van der Waals surface area (Å²) in [5.74, 6) is 2.69. The molecule has 0 bridgehead atoms. The molecule has 8 heteroatoms. The lowest BCUT2D eigenvalue weighted by Crippen LogP contribution is -2.02. The number of hydrogen-bond acceptors (Lipinski definition) is 8. The first-order chi connectivity index (χ1) is 15.0. The lowest BCUT2D eigenvalue weighted by Gasteiger charge is -2.16. The third-order valence-electron chi connectivity index (χ3n) is 4.82. The molecule has 2 N–H and O–H groups in total. The number of hydrogen-bond donors (Lipinski definition) is 1. The molecule has 0 unspecified atom stereocenters. The SMILES string of the molecule is COc1ccc(OC)c(-c2cc(-c3cc(OC)c(OC)c(OC)c3)nc(N)c2C#N)c1. The molecule has 1 heterocycles. The summed E-state index contributed by atoms with van der Waals surface area (Å²) in [6.45, 7) is 0. The molecule has 8 nitrogen and oxygen atoms in total. The summed E-state index contributed by atoms with van der Waals surface area (Å²) >= 11 is 0. The Morgan fingerprint density at radius 1 is 0.774 bits per heavy atom. The number of nitrogens with two attached hydrogens (primary N) is 1. The van der Waals surface area contributed by atoms with E-state index in [4.69, 9.17) is 29.4 Å². The van der Waals surface area contributed by atoms with Crippen molar-refractivity contribution in [2.75, 3.05) is 41.3 Å². The molecular weight excluding hydrogens is 398 g/mol. The van der Waals surface area contributed by atoms with Crippen LogP contribution in [0.1, 0.15) is 5.56 Å². The molecule has 0 atom stereocenters. The third kappa shape index (κ3) is 3.98. The first kappa shape index (κ1) is 21.6. The van der Waals surface area contributed by atoms with Crippen molar-refractivity contribution in [1.29, 1.82) is 5.26 Å². The van der Waals surface area contributed by atoms with Gasteiger partial charge in [-0.1, -0.05) is 0 Å². The molecule has 0 fully saturated rings. The zero-order valence-electron chi connectivity index (χ0n) is 18.0. The van der Waals surface area contributed by atoms with Crippen LogP contribution >= 0.6 is 0 Å². The van der Waals surface area contributed by atoms with Crippen molar-refractivity contribution in [3.05, 3.63) is 42.0 Å². The largest absolute Gasteiger partial charge is 0.497 e. The molecule has 0 aliphatic rings. The van der Waals surface area contributed by atoms with E-state index in [0.717, 1.165) is 0 Å². The molecule has 1 aromatic heterocycles. The number of pyridine rings is 1. The van der Waals surface area contributed by atoms with Crippen LogP contribution in [0.15, 0.2) is 36.4 Å². The highest BCUT2D eigenvalue weighted by molar-refractivity contribution is 5.84. The second-order valence-electron chi connectivity index (χ2n) is 6.41. The molecule has 31 heavy (non-hydrogen) atoms. The standard InChI is InChI=1S/C23H23N3O5/c1-27-14-6-7-19(28-2)16(10-14)15-11-18(26-23(25)17(15)12-24)13-8-20(29-3)22(31-5)21(9-13)30-4/h6-11H,1-5H3,(H2,25,26). The van der Waals surface area contributed by atoms with Crippen molar-refractivity contribution in [2.24, 2.45) is 0 Å². The predicted octanol–water partition coefficient (Wildman–Crippen LogP) is 3.91. The average molecular weight is 421 g/mol. The summed E-state index contributed by atoms with van der Waals surface area (Å²) in [5.41, 5.74) is 8.83. The molecule has 0 saturated carbocycles. The van der Waals surface area contributed by atoms with Crippen molar-refractivity contribution >= 4 is 5.82 Å². The minimum Gasteiger partial charge on any atom is -0.497 e. The van der Waals surface area contributed by atoms with Gasteiger partial charge in [0, 0.05) is 16.7 Å². The summed E-state index contributed by atoms with van der Waals surface area (Å²) < 4.78 is 27.1. The van der Waals surface area contributed by atoms with E-state index in [-0.39, 0.29) is 11.4 Å². The Morgan fingerprint density at radius 2 is 1.42 bits per heavy atom. The second kappa shape index (κ2) is 9.13. The number of anilines is 1. The van der Waals surface area contributed by atoms with E-state index in [1.165, 1.54) is 21.3 Å². The fraction of sp³-hybridized carbons (Fsp3) is 0.217. The highest BCUT2D eigenvalue weighted by Gasteiger charge is 2.20. The first-order valence-electron chi connectivity index (χ1n) is 9.24. The van der Waals surface area contributed by atoms with E-state index in [1.807, 2.05) is 0 Å². The molecule has 3 rings (SSSR count). The Balaban J connectivity index is 2.30. The molecule has 2 aromatic carbocycles. The molecule has 0 saturated heterocycles. The van der Waals surface area contributed by atoms with Gasteiger partial charge in [0.05, 0.1) is 41.2 Å². The van der Waals surface area contributed by atoms with Crippen LogP contribution in [-0.2, 0) is 0 Å². The van der Waals surface area contributed by atoms with E-state index in [1.54, 1.807) is 50.6 Å². The van der Waals surface area contributed by atoms with Crippen molar-refractivity contribution in [3.8, 4) is 57.2 Å². The van der Waals surface area contributed by atoms with Crippen LogP contribution < -0.4 is 29.4 Å². The summed E-state index contributed by atoms with van der Waals surface area (Å²) in [6.07, 6.45) is 0. The van der Waals surface area contributed by atoms with Crippen LogP contribution in [0, 0.1) is 11.3 Å². The van der Waals surface area contributed by atoms with Gasteiger partial charge >= 0.3 is 0 Å². The van der Waals surface area contributed by atoms with Crippen LogP contribution in [-0.4, -0.2) is 40.5 Å². The summed E-state index contributed by atoms with van der Waals surface area (Å²) in [5, 5.41) is 9.75. The van der Waals surface area contributed by atoms with Crippen LogP contribution in [0.5, 0.6) is 28.7 Å². The Morgan fingerprint density at radius 3 is 1.94 bits per heavy atom. The van der Waals surface area contributed by atoms with Gasteiger partial charge in [0.2, 0.25) is 5.75 Å². The fourth-order valence-corrected chi connectivity index (χ4v) is 3.30. The van der Waals surface area contributed by atoms with Gasteiger partial charge in [-0.3, -0.25) is 0 Å². The zero-order chi connectivity index (χ0) is 22.5. The lowest BCUT2D eigenvalue weighted by molar-refractivity contribution is 0.324. The highest BCUT2D eigenvalue weighted by Crippen LogP contribution is 2.43. The van der Waals surface area contributed by atoms with E-state index in [0.29, 0.717) is 51.1 Å². The van der Waals surface area contributed by atoms with Crippen molar-refractivity contribution in [1.82, 2.24) is 4.98 Å². The topological polar surface area (TPSA) is 109 Å². The van der Waals surface area contributed by atoms with Crippen LogP contribution in [0.25, 0.3) is 22.4 Å². The van der Waals surface area contributed by atoms with Gasteiger partial charge in [0.15, 0.2) is 11.5 Å². The molecule has 0 amide bonds. The molecule has 0 radical (unpaired) electrons. The highest BCUT2D eigenvalue weighted by atomic mass is 16.5. The number of rotatable bonds is 7. The predicted molar refractivity (Wildman–Crippen MR) is 117 cm³/mol. The Bertz CT molecular complexity index is 1130. The lowest BCUT2D eigenvalue weighted by atomic mass is 9.97. The fourth-order valence-electron chi connectivity index (χ4n) is 3.30. The maximum absolute atomic E-state index is 9.75. The van der Waals surface area contributed by atoms with Crippen LogP contribution in [0.3, 0.4) is 0 Å². The van der Waals surface area contributed by atoms with Crippen LogP contribution in [0.4, 0.5) is 5.82 Å². The Hall–Kier alpha value is -4.12. The van der Waals surface area contributed by atoms with Crippen molar-refractivity contribution in [3.63, 3.8) is 0 Å².